The summed E-state index contributed by atoms with van der Waals surface area (Å²) in [5.74, 6) is 0. The molecule has 2 atom stereocenters. The zero-order valence-corrected chi connectivity index (χ0v) is 15.6. The number of aryl methyl sites for hydroxylation is 1. The third-order valence-electron chi connectivity index (χ3n) is 5.03. The summed E-state index contributed by atoms with van der Waals surface area (Å²) in [4.78, 5) is 23.6. The fourth-order valence-corrected chi connectivity index (χ4v) is 5.15. The molecule has 0 spiro atoms. The fourth-order valence-electron chi connectivity index (χ4n) is 3.63. The van der Waals surface area contributed by atoms with Gasteiger partial charge in [0.15, 0.2) is 4.90 Å². The molecule has 2 aliphatic heterocycles. The quantitative estimate of drug-likeness (QED) is 0.758. The molecule has 10 heteroatoms. The van der Waals surface area contributed by atoms with Crippen LogP contribution in [0.3, 0.4) is 0 Å². The van der Waals surface area contributed by atoms with Gasteiger partial charge < -0.3 is 9.88 Å². The summed E-state index contributed by atoms with van der Waals surface area (Å²) in [6.07, 6.45) is 4.75. The van der Waals surface area contributed by atoms with Crippen LogP contribution in [-0.2, 0) is 24.1 Å². The van der Waals surface area contributed by atoms with Crippen LogP contribution < -0.4 is 16.6 Å². The molecule has 1 aromatic rings. The number of piperidine rings is 1. The van der Waals surface area contributed by atoms with Crippen molar-refractivity contribution in [1.82, 2.24) is 18.8 Å². The maximum absolute atomic E-state index is 12.9. The minimum atomic E-state index is -3.94. The van der Waals surface area contributed by atoms with Crippen molar-refractivity contribution in [2.24, 2.45) is 14.1 Å². The van der Waals surface area contributed by atoms with Gasteiger partial charge >= 0.3 is 5.69 Å². The normalized spacial score (nSPS) is 26.4. The van der Waals surface area contributed by atoms with Crippen LogP contribution in [0.5, 0.6) is 0 Å². The first kappa shape index (κ1) is 19.2. The van der Waals surface area contributed by atoms with Crippen molar-refractivity contribution in [3.63, 3.8) is 0 Å². The van der Waals surface area contributed by atoms with Crippen LogP contribution in [0.1, 0.15) is 25.7 Å². The second-order valence-corrected chi connectivity index (χ2v) is 8.50. The van der Waals surface area contributed by atoms with Gasteiger partial charge in [-0.3, -0.25) is 9.36 Å². The fraction of sp³-hybridized carbons (Fsp3) is 0.714. The molecular formula is C14H23ClN4O4S. The SMILES string of the molecule is CN(C1CC2CCC(C1)N2)S(=O)(=O)c1cn(C)c(=O)n(C)c1=O.Cl. The van der Waals surface area contributed by atoms with Gasteiger partial charge in [0, 0.05) is 45.5 Å². The number of nitrogens with one attached hydrogen (secondary N) is 1. The molecule has 0 aromatic carbocycles. The number of nitrogens with zero attached hydrogens (tertiary/aromatic N) is 3. The van der Waals surface area contributed by atoms with Crippen LogP contribution in [-0.4, -0.2) is 47.0 Å². The molecule has 0 aliphatic carbocycles. The molecule has 1 N–H and O–H groups in total. The van der Waals surface area contributed by atoms with Crippen molar-refractivity contribution in [2.45, 2.75) is 48.7 Å². The first-order valence-electron chi connectivity index (χ1n) is 7.72. The summed E-state index contributed by atoms with van der Waals surface area (Å²) in [5.41, 5.74) is -1.33. The number of rotatable bonds is 3. The predicted molar refractivity (Wildman–Crippen MR) is 92.1 cm³/mol. The van der Waals surface area contributed by atoms with Gasteiger partial charge in [-0.2, -0.15) is 4.31 Å². The number of halogens is 1. The van der Waals surface area contributed by atoms with E-state index in [2.05, 4.69) is 5.32 Å². The highest BCUT2D eigenvalue weighted by atomic mass is 35.5. The zero-order valence-electron chi connectivity index (χ0n) is 13.9. The summed E-state index contributed by atoms with van der Waals surface area (Å²) >= 11 is 0. The van der Waals surface area contributed by atoms with Crippen molar-refractivity contribution in [3.05, 3.63) is 27.0 Å². The van der Waals surface area contributed by atoms with Crippen molar-refractivity contribution >= 4 is 22.4 Å². The molecular weight excluding hydrogens is 356 g/mol. The van der Waals surface area contributed by atoms with E-state index in [1.165, 1.54) is 25.4 Å². The van der Waals surface area contributed by atoms with Crippen molar-refractivity contribution in [2.75, 3.05) is 7.05 Å². The summed E-state index contributed by atoms with van der Waals surface area (Å²) in [7, 11) is 0.308. The minimum Gasteiger partial charge on any atom is -0.311 e. The highest BCUT2D eigenvalue weighted by Crippen LogP contribution is 2.31. The van der Waals surface area contributed by atoms with Gasteiger partial charge in [0.25, 0.3) is 5.56 Å². The Kier molecular flexibility index (Phi) is 5.29. The van der Waals surface area contributed by atoms with Crippen LogP contribution in [0.4, 0.5) is 0 Å². The topological polar surface area (TPSA) is 93.4 Å². The van der Waals surface area contributed by atoms with Gasteiger partial charge in [-0.1, -0.05) is 0 Å². The maximum Gasteiger partial charge on any atom is 0.330 e. The smallest absolute Gasteiger partial charge is 0.311 e. The van der Waals surface area contributed by atoms with E-state index < -0.39 is 21.3 Å². The molecule has 0 radical (unpaired) electrons. The van der Waals surface area contributed by atoms with Crippen LogP contribution in [0, 0.1) is 0 Å². The Hall–Kier alpha value is -1.16. The van der Waals surface area contributed by atoms with Crippen molar-refractivity contribution in [1.29, 1.82) is 0 Å². The third-order valence-corrected chi connectivity index (χ3v) is 6.93. The zero-order chi connectivity index (χ0) is 16.9. The Balaban J connectivity index is 0.00000208. The number of aromatic nitrogens is 2. The van der Waals surface area contributed by atoms with Gasteiger partial charge in [0.1, 0.15) is 0 Å². The third kappa shape index (κ3) is 3.05. The van der Waals surface area contributed by atoms with E-state index in [1.54, 1.807) is 0 Å². The van der Waals surface area contributed by atoms with E-state index in [4.69, 9.17) is 0 Å². The van der Waals surface area contributed by atoms with Crippen LogP contribution >= 0.6 is 12.4 Å². The average Bonchev–Trinajstić information content (AvgIpc) is 2.86. The molecule has 2 aliphatic rings. The average molecular weight is 379 g/mol. The number of hydrogen-bond acceptors (Lipinski definition) is 5. The maximum atomic E-state index is 12.9. The first-order chi connectivity index (χ1) is 10.7. The van der Waals surface area contributed by atoms with Gasteiger partial charge in [-0.25, -0.2) is 13.2 Å². The largest absolute Gasteiger partial charge is 0.330 e. The van der Waals surface area contributed by atoms with Crippen molar-refractivity contribution < 1.29 is 8.42 Å². The Bertz CT molecular complexity index is 835. The van der Waals surface area contributed by atoms with Crippen molar-refractivity contribution in [3.8, 4) is 0 Å². The summed E-state index contributed by atoms with van der Waals surface area (Å²) < 4.78 is 29.0. The molecule has 2 unspecified atom stereocenters. The Morgan fingerprint density at radius 2 is 1.71 bits per heavy atom. The molecule has 136 valence electrons. The first-order valence-corrected chi connectivity index (χ1v) is 9.16. The molecule has 2 fully saturated rings. The predicted octanol–water partition coefficient (Wildman–Crippen LogP) is -0.591. The van der Waals surface area contributed by atoms with Crippen LogP contribution in [0.15, 0.2) is 20.7 Å². The monoisotopic (exact) mass is 378 g/mol. The van der Waals surface area contributed by atoms with Gasteiger partial charge in [-0.05, 0) is 25.7 Å². The lowest BCUT2D eigenvalue weighted by molar-refractivity contribution is 0.251. The van der Waals surface area contributed by atoms with E-state index in [-0.39, 0.29) is 23.3 Å². The van der Waals surface area contributed by atoms with E-state index in [0.717, 1.165) is 41.0 Å². The molecule has 3 rings (SSSR count). The molecule has 3 heterocycles. The lowest BCUT2D eigenvalue weighted by Gasteiger charge is -2.34. The molecule has 1 aromatic heterocycles. The molecule has 8 nitrogen and oxygen atoms in total. The minimum absolute atomic E-state index is 0. The second-order valence-electron chi connectivity index (χ2n) is 6.54. The van der Waals surface area contributed by atoms with Crippen LogP contribution in [0.2, 0.25) is 0 Å². The highest BCUT2D eigenvalue weighted by molar-refractivity contribution is 7.89. The molecule has 0 saturated carbocycles. The number of hydrogen-bond donors (Lipinski definition) is 1. The molecule has 2 saturated heterocycles. The second kappa shape index (κ2) is 6.62. The van der Waals surface area contributed by atoms with E-state index in [0.29, 0.717) is 12.1 Å². The Morgan fingerprint density at radius 3 is 2.25 bits per heavy atom. The lowest BCUT2D eigenvalue weighted by atomic mass is 10.0. The summed E-state index contributed by atoms with van der Waals surface area (Å²) in [6, 6.07) is 0.569. The van der Waals surface area contributed by atoms with Gasteiger partial charge in [0.05, 0.1) is 0 Å². The van der Waals surface area contributed by atoms with Crippen LogP contribution in [0.25, 0.3) is 0 Å². The van der Waals surface area contributed by atoms with E-state index in [9.17, 15) is 18.0 Å². The van der Waals surface area contributed by atoms with Gasteiger partial charge in [-0.15, -0.1) is 12.4 Å². The van der Waals surface area contributed by atoms with E-state index >= 15 is 0 Å². The molecule has 0 amide bonds. The highest BCUT2D eigenvalue weighted by Gasteiger charge is 2.39. The number of fused-ring (bicyclic) bond motifs is 2. The van der Waals surface area contributed by atoms with E-state index in [1.807, 2.05) is 0 Å². The number of sulfonamides is 1. The summed E-state index contributed by atoms with van der Waals surface area (Å²) in [5, 5.41) is 3.47. The Morgan fingerprint density at radius 1 is 1.17 bits per heavy atom. The summed E-state index contributed by atoms with van der Waals surface area (Å²) in [6.45, 7) is 0. The lowest BCUT2D eigenvalue weighted by Crippen LogP contribution is -2.50. The van der Waals surface area contributed by atoms with Gasteiger partial charge in [0.2, 0.25) is 10.0 Å². The molecule has 2 bridgehead atoms. The Labute approximate surface area is 146 Å². The molecule has 24 heavy (non-hydrogen) atoms. The standard InChI is InChI=1S/C14H22N4O4S.ClH/c1-16-8-12(13(19)17(2)14(16)20)23(21,22)18(3)11-6-9-4-5-10(7-11)15-9;/h8-11,15H,4-7H2,1-3H3;1H.